The molecule has 0 fully saturated rings. The van der Waals surface area contributed by atoms with Gasteiger partial charge in [0, 0.05) is 12.1 Å². The standard InChI is InChI=1S/C22H25FN2O/c1-15-5-10-19-16(2)12-22(3,4)25(20(19)11-15)21(26)14-24-13-17-6-8-18(23)9-7-17/h5-12,24H,13-14H2,1-4H3. The first-order chi connectivity index (χ1) is 12.3. The highest BCUT2D eigenvalue weighted by molar-refractivity contribution is 6.01. The summed E-state index contributed by atoms with van der Waals surface area (Å²) in [4.78, 5) is 14.9. The third kappa shape index (κ3) is 3.70. The molecular weight excluding hydrogens is 327 g/mol. The fraction of sp³-hybridized carbons (Fsp3) is 0.318. The van der Waals surface area contributed by atoms with E-state index in [0.29, 0.717) is 6.54 Å². The molecular formula is C22H25FN2O. The number of carbonyl (C=O) groups is 1. The van der Waals surface area contributed by atoms with Gasteiger partial charge in [-0.1, -0.05) is 30.3 Å². The number of halogens is 1. The van der Waals surface area contributed by atoms with Gasteiger partial charge in [-0.2, -0.15) is 0 Å². The number of rotatable bonds is 4. The molecule has 136 valence electrons. The van der Waals surface area contributed by atoms with Gasteiger partial charge in [-0.3, -0.25) is 4.79 Å². The van der Waals surface area contributed by atoms with E-state index in [-0.39, 0.29) is 23.8 Å². The van der Waals surface area contributed by atoms with Crippen molar-refractivity contribution in [1.82, 2.24) is 5.32 Å². The van der Waals surface area contributed by atoms with Gasteiger partial charge >= 0.3 is 0 Å². The van der Waals surface area contributed by atoms with E-state index in [2.05, 4.69) is 50.4 Å². The fourth-order valence-corrected chi connectivity index (χ4v) is 3.59. The van der Waals surface area contributed by atoms with Crippen LogP contribution in [0.2, 0.25) is 0 Å². The van der Waals surface area contributed by atoms with E-state index in [4.69, 9.17) is 0 Å². The summed E-state index contributed by atoms with van der Waals surface area (Å²) in [7, 11) is 0. The Bertz CT molecular complexity index is 853. The quantitative estimate of drug-likeness (QED) is 0.881. The molecule has 0 unspecified atom stereocenters. The number of nitrogens with zero attached hydrogens (tertiary/aromatic N) is 1. The minimum Gasteiger partial charge on any atom is -0.304 e. The first kappa shape index (κ1) is 18.3. The van der Waals surface area contributed by atoms with Crippen LogP contribution in [-0.2, 0) is 11.3 Å². The topological polar surface area (TPSA) is 32.3 Å². The van der Waals surface area contributed by atoms with E-state index < -0.39 is 0 Å². The van der Waals surface area contributed by atoms with Crippen molar-refractivity contribution in [2.75, 3.05) is 11.4 Å². The monoisotopic (exact) mass is 352 g/mol. The summed E-state index contributed by atoms with van der Waals surface area (Å²) in [5.74, 6) is -0.235. The number of anilines is 1. The summed E-state index contributed by atoms with van der Waals surface area (Å²) < 4.78 is 13.0. The van der Waals surface area contributed by atoms with Gasteiger partial charge in [0.2, 0.25) is 5.91 Å². The van der Waals surface area contributed by atoms with Crippen LogP contribution in [0.1, 0.15) is 37.5 Å². The SMILES string of the molecule is CC1=CC(C)(C)N(C(=O)CNCc2ccc(F)cc2)c2cc(C)ccc21. The number of fused-ring (bicyclic) bond motifs is 1. The molecule has 1 aliphatic heterocycles. The lowest BCUT2D eigenvalue weighted by atomic mass is 9.88. The largest absolute Gasteiger partial charge is 0.304 e. The molecule has 4 heteroatoms. The predicted octanol–water partition coefficient (Wildman–Crippen LogP) is 4.45. The van der Waals surface area contributed by atoms with Crippen molar-refractivity contribution >= 4 is 17.2 Å². The highest BCUT2D eigenvalue weighted by Crippen LogP contribution is 2.39. The van der Waals surface area contributed by atoms with Crippen molar-refractivity contribution in [2.45, 2.75) is 39.8 Å². The van der Waals surface area contributed by atoms with Crippen molar-refractivity contribution in [1.29, 1.82) is 0 Å². The van der Waals surface area contributed by atoms with Gasteiger partial charge in [0.05, 0.1) is 17.8 Å². The van der Waals surface area contributed by atoms with Crippen LogP contribution in [0.3, 0.4) is 0 Å². The average molecular weight is 352 g/mol. The summed E-state index contributed by atoms with van der Waals surface area (Å²) in [6, 6.07) is 12.5. The van der Waals surface area contributed by atoms with Crippen molar-refractivity contribution in [2.24, 2.45) is 0 Å². The molecule has 0 aliphatic carbocycles. The Kier molecular flexibility index (Phi) is 4.97. The molecule has 3 rings (SSSR count). The third-order valence-electron chi connectivity index (χ3n) is 4.73. The Balaban J connectivity index is 1.77. The number of aryl methyl sites for hydroxylation is 1. The second-order valence-electron chi connectivity index (χ2n) is 7.46. The highest BCUT2D eigenvalue weighted by Gasteiger charge is 2.35. The van der Waals surface area contributed by atoms with Gasteiger partial charge in [-0.25, -0.2) is 4.39 Å². The van der Waals surface area contributed by atoms with Crippen LogP contribution < -0.4 is 10.2 Å². The molecule has 0 aromatic heterocycles. The van der Waals surface area contributed by atoms with Crippen LogP contribution in [-0.4, -0.2) is 18.0 Å². The smallest absolute Gasteiger partial charge is 0.241 e. The van der Waals surface area contributed by atoms with Crippen LogP contribution in [0.25, 0.3) is 5.57 Å². The maximum Gasteiger partial charge on any atom is 0.241 e. The van der Waals surface area contributed by atoms with E-state index in [1.54, 1.807) is 12.1 Å². The van der Waals surface area contributed by atoms with Crippen molar-refractivity contribution in [3.05, 3.63) is 71.0 Å². The van der Waals surface area contributed by atoms with Crippen molar-refractivity contribution < 1.29 is 9.18 Å². The molecule has 26 heavy (non-hydrogen) atoms. The summed E-state index contributed by atoms with van der Waals surface area (Å²) in [6.45, 7) is 8.98. The molecule has 0 bridgehead atoms. The molecule has 0 radical (unpaired) electrons. The zero-order valence-corrected chi connectivity index (χ0v) is 15.8. The van der Waals surface area contributed by atoms with Crippen LogP contribution in [0.5, 0.6) is 0 Å². The van der Waals surface area contributed by atoms with Crippen LogP contribution in [0.15, 0.2) is 48.5 Å². The number of carbonyl (C=O) groups excluding carboxylic acids is 1. The van der Waals surface area contributed by atoms with E-state index in [1.807, 2.05) is 11.8 Å². The first-order valence-electron chi connectivity index (χ1n) is 8.86. The average Bonchev–Trinajstić information content (AvgIpc) is 2.55. The Morgan fingerprint density at radius 2 is 1.81 bits per heavy atom. The first-order valence-corrected chi connectivity index (χ1v) is 8.86. The Morgan fingerprint density at radius 1 is 1.12 bits per heavy atom. The zero-order valence-electron chi connectivity index (χ0n) is 15.8. The molecule has 0 saturated carbocycles. The second-order valence-corrected chi connectivity index (χ2v) is 7.46. The zero-order chi connectivity index (χ0) is 18.9. The Hall–Kier alpha value is -2.46. The summed E-state index contributed by atoms with van der Waals surface area (Å²) >= 11 is 0. The maximum atomic E-state index is 13.0. The van der Waals surface area contributed by atoms with Crippen molar-refractivity contribution in [3.63, 3.8) is 0 Å². The predicted molar refractivity (Wildman–Crippen MR) is 105 cm³/mol. The number of hydrogen-bond acceptors (Lipinski definition) is 2. The van der Waals surface area contributed by atoms with E-state index in [0.717, 1.165) is 22.4 Å². The molecule has 3 nitrogen and oxygen atoms in total. The fourth-order valence-electron chi connectivity index (χ4n) is 3.59. The lowest BCUT2D eigenvalue weighted by Crippen LogP contribution is -2.51. The highest BCUT2D eigenvalue weighted by atomic mass is 19.1. The van der Waals surface area contributed by atoms with Gasteiger partial charge in [0.15, 0.2) is 0 Å². The lowest BCUT2D eigenvalue weighted by Gasteiger charge is -2.41. The number of hydrogen-bond donors (Lipinski definition) is 1. The van der Waals surface area contributed by atoms with Gasteiger partial charge < -0.3 is 10.2 Å². The molecule has 1 N–H and O–H groups in total. The van der Waals surface area contributed by atoms with Crippen LogP contribution in [0.4, 0.5) is 10.1 Å². The molecule has 2 aromatic rings. The second kappa shape index (κ2) is 7.04. The van der Waals surface area contributed by atoms with Gasteiger partial charge in [0.1, 0.15) is 5.82 Å². The number of benzene rings is 2. The lowest BCUT2D eigenvalue weighted by molar-refractivity contribution is -0.118. The summed E-state index contributed by atoms with van der Waals surface area (Å²) in [5, 5.41) is 3.18. The van der Waals surface area contributed by atoms with E-state index in [1.165, 1.54) is 17.7 Å². The van der Waals surface area contributed by atoms with Crippen LogP contribution in [0, 0.1) is 12.7 Å². The molecule has 1 amide bonds. The molecule has 1 aliphatic rings. The molecule has 0 atom stereocenters. The number of nitrogens with one attached hydrogen (secondary N) is 1. The van der Waals surface area contributed by atoms with Gasteiger partial charge in [-0.15, -0.1) is 0 Å². The summed E-state index contributed by atoms with van der Waals surface area (Å²) in [6.07, 6.45) is 2.14. The maximum absolute atomic E-state index is 13.0. The van der Waals surface area contributed by atoms with E-state index in [9.17, 15) is 9.18 Å². The Labute approximate surface area is 154 Å². The molecule has 2 aromatic carbocycles. The van der Waals surface area contributed by atoms with Crippen LogP contribution >= 0.6 is 0 Å². The molecule has 0 saturated heterocycles. The minimum absolute atomic E-state index is 0.0210. The van der Waals surface area contributed by atoms with E-state index >= 15 is 0 Å². The summed E-state index contributed by atoms with van der Waals surface area (Å²) in [5.41, 5.74) is 4.94. The van der Waals surface area contributed by atoms with Gasteiger partial charge in [0.25, 0.3) is 0 Å². The molecule has 0 spiro atoms. The Morgan fingerprint density at radius 3 is 2.50 bits per heavy atom. The van der Waals surface area contributed by atoms with Gasteiger partial charge in [-0.05, 0) is 62.6 Å². The number of allylic oxidation sites excluding steroid dienone is 1. The molecule has 1 heterocycles. The third-order valence-corrected chi connectivity index (χ3v) is 4.73. The normalized spacial score (nSPS) is 15.4. The minimum atomic E-state index is -0.389. The van der Waals surface area contributed by atoms with Crippen molar-refractivity contribution in [3.8, 4) is 0 Å². The number of amides is 1.